The minimum absolute atomic E-state index is 1.08. The molecule has 0 bridgehead atoms. The normalized spacial score (nSPS) is 5.75. The number of rotatable bonds is 1. The van der Waals surface area contributed by atoms with Crippen molar-refractivity contribution >= 4 is 21.3 Å². The van der Waals surface area contributed by atoms with Gasteiger partial charge in [0.05, 0.1) is 0 Å². The fraction of sp³-hybridized carbons (Fsp3) is 0.500. The van der Waals surface area contributed by atoms with Crippen molar-refractivity contribution in [3.8, 4) is 0 Å². The fourth-order valence-electron chi connectivity index (χ4n) is 0. The average Bonchev–Trinajstić information content (AvgIpc) is 1.37. The van der Waals surface area contributed by atoms with Crippen molar-refractivity contribution in [3.05, 3.63) is 0 Å². The van der Waals surface area contributed by atoms with Gasteiger partial charge in [0, 0.05) is 0 Å². The Hall–Kier alpha value is -0.000130. The Bertz CT molecular complexity index is 18.0. The molecule has 20 valence electrons. The van der Waals surface area contributed by atoms with Crippen LogP contribution in [0.2, 0.25) is 6.32 Å². The molecule has 4 heavy (non-hydrogen) atoms. The fourth-order valence-corrected chi connectivity index (χ4v) is 0. The molecule has 0 aliphatic heterocycles. The van der Waals surface area contributed by atoms with Crippen molar-refractivity contribution in [2.45, 2.75) is 6.32 Å². The molecule has 0 unspecified atom stereocenters. The SMILES string of the molecule is B=CCB. The molecule has 0 spiro atoms. The van der Waals surface area contributed by atoms with Crippen LogP contribution in [0.25, 0.3) is 0 Å². The van der Waals surface area contributed by atoms with E-state index in [0.29, 0.717) is 0 Å². The van der Waals surface area contributed by atoms with E-state index in [1.807, 2.05) is 5.97 Å². The first kappa shape index (κ1) is 4.00. The van der Waals surface area contributed by atoms with Crippen molar-refractivity contribution in [2.75, 3.05) is 0 Å². The first-order valence-corrected chi connectivity index (χ1v) is 1.52. The van der Waals surface area contributed by atoms with Crippen LogP contribution in [0.5, 0.6) is 0 Å². The van der Waals surface area contributed by atoms with Gasteiger partial charge in [0.2, 0.25) is 0 Å². The molecule has 0 aromatic carbocycles. The van der Waals surface area contributed by atoms with E-state index in [4.69, 9.17) is 0 Å². The summed E-state index contributed by atoms with van der Waals surface area (Å²) in [6.07, 6.45) is 1.08. The third-order valence-corrected chi connectivity index (χ3v) is 0.289. The summed E-state index contributed by atoms with van der Waals surface area (Å²) in [4.78, 5) is 0. The van der Waals surface area contributed by atoms with Gasteiger partial charge in [-0.25, -0.2) is 0 Å². The van der Waals surface area contributed by atoms with Crippen LogP contribution < -0.4 is 0 Å². The van der Waals surface area contributed by atoms with E-state index in [2.05, 4.69) is 15.3 Å². The Kier molecular flexibility index (Phi) is 3.00. The Labute approximate surface area is 28.7 Å². The molecule has 0 saturated carbocycles. The molecule has 0 radical (unpaired) electrons. The molecule has 0 aromatic heterocycles. The van der Waals surface area contributed by atoms with Crippen LogP contribution in [0.4, 0.5) is 0 Å². The van der Waals surface area contributed by atoms with Gasteiger partial charge in [0.25, 0.3) is 0 Å². The maximum absolute atomic E-state index is 3.48. The van der Waals surface area contributed by atoms with E-state index >= 15 is 0 Å². The topological polar surface area (TPSA) is 0 Å². The zero-order chi connectivity index (χ0) is 3.41. The summed E-state index contributed by atoms with van der Waals surface area (Å²) < 4.78 is 0. The van der Waals surface area contributed by atoms with Gasteiger partial charge in [-0.05, 0) is 0 Å². The Morgan fingerprint density at radius 3 is 2.25 bits per heavy atom. The summed E-state index contributed by atoms with van der Waals surface area (Å²) in [7, 11) is 5.54. The summed E-state index contributed by atoms with van der Waals surface area (Å²) in [6.45, 7) is 0. The zero-order valence-corrected chi connectivity index (χ0v) is 2.99. The van der Waals surface area contributed by atoms with Crippen LogP contribution in [0.1, 0.15) is 0 Å². The summed E-state index contributed by atoms with van der Waals surface area (Å²) in [6, 6.07) is 0. The molecule has 0 nitrogen and oxygen atoms in total. The van der Waals surface area contributed by atoms with Gasteiger partial charge in [0.15, 0.2) is 0 Å². The Morgan fingerprint density at radius 1 is 2.00 bits per heavy atom. The van der Waals surface area contributed by atoms with Gasteiger partial charge in [-0.15, -0.1) is 0 Å². The molecule has 0 N–H and O–H groups in total. The number of hydrogen-bond acceptors (Lipinski definition) is 0. The minimum atomic E-state index is 1.08. The van der Waals surface area contributed by atoms with Crippen LogP contribution in [-0.4, -0.2) is 21.3 Å². The first-order chi connectivity index (χ1) is 1.91. The second-order valence-electron chi connectivity index (χ2n) is 0.697. The maximum atomic E-state index is 3.48. The van der Waals surface area contributed by atoms with E-state index in [1.165, 1.54) is 0 Å². The summed E-state index contributed by atoms with van der Waals surface area (Å²) in [5.74, 6) is 1.88. The predicted octanol–water partition coefficient (Wildman–Crippen LogP) is -1.26. The summed E-state index contributed by atoms with van der Waals surface area (Å²) >= 11 is 0. The van der Waals surface area contributed by atoms with Crippen molar-refractivity contribution in [2.24, 2.45) is 0 Å². The second-order valence-corrected chi connectivity index (χ2v) is 0.697. The average molecular weight is 51.7 g/mol. The molecule has 0 fully saturated rings. The molecular weight excluding hydrogens is 45.6 g/mol. The van der Waals surface area contributed by atoms with Crippen molar-refractivity contribution < 1.29 is 0 Å². The molecule has 0 amide bonds. The molecule has 0 saturated heterocycles. The molecule has 0 aliphatic carbocycles. The zero-order valence-electron chi connectivity index (χ0n) is 2.99. The van der Waals surface area contributed by atoms with Gasteiger partial charge in [-0.2, -0.15) is 0 Å². The van der Waals surface area contributed by atoms with Gasteiger partial charge in [0.1, 0.15) is 0 Å². The van der Waals surface area contributed by atoms with Gasteiger partial charge >= 0.3 is 27.6 Å². The van der Waals surface area contributed by atoms with Crippen LogP contribution in [0, 0.1) is 0 Å². The van der Waals surface area contributed by atoms with Crippen LogP contribution in [-0.2, 0) is 0 Å². The summed E-state index contributed by atoms with van der Waals surface area (Å²) in [5.41, 5.74) is 0. The quantitative estimate of drug-likeness (QED) is 0.326. The van der Waals surface area contributed by atoms with E-state index in [0.717, 1.165) is 6.32 Å². The van der Waals surface area contributed by atoms with Gasteiger partial charge in [-0.3, -0.25) is 0 Å². The van der Waals surface area contributed by atoms with E-state index in [9.17, 15) is 0 Å². The molecule has 0 rings (SSSR count). The predicted molar refractivity (Wildman–Crippen MR) is 26.6 cm³/mol. The van der Waals surface area contributed by atoms with Gasteiger partial charge in [-0.1, -0.05) is 0 Å². The van der Waals surface area contributed by atoms with Crippen molar-refractivity contribution in [1.82, 2.24) is 0 Å². The van der Waals surface area contributed by atoms with Crippen LogP contribution in [0.3, 0.4) is 0 Å². The number of hydrogen-bond donors (Lipinski definition) is 0. The Balaban J connectivity index is 2.30. The molecule has 2 heteroatoms. The van der Waals surface area contributed by atoms with Crippen LogP contribution in [0.15, 0.2) is 0 Å². The monoisotopic (exact) mass is 52.1 g/mol. The molecular formula is C2H6B2. The molecule has 0 atom stereocenters. The molecule has 0 heterocycles. The molecule has 0 aromatic rings. The van der Waals surface area contributed by atoms with Crippen molar-refractivity contribution in [1.29, 1.82) is 0 Å². The van der Waals surface area contributed by atoms with Crippen molar-refractivity contribution in [3.63, 3.8) is 0 Å². The second kappa shape index (κ2) is 3.00. The van der Waals surface area contributed by atoms with E-state index in [1.54, 1.807) is 0 Å². The first-order valence-electron chi connectivity index (χ1n) is 1.52. The third-order valence-electron chi connectivity index (χ3n) is 0.289. The van der Waals surface area contributed by atoms with Gasteiger partial charge < -0.3 is 0 Å². The van der Waals surface area contributed by atoms with E-state index < -0.39 is 0 Å². The van der Waals surface area contributed by atoms with Crippen LogP contribution >= 0.6 is 0 Å². The summed E-state index contributed by atoms with van der Waals surface area (Å²) in [5, 5.41) is 0. The third kappa shape index (κ3) is 2.00. The molecule has 0 aliphatic rings. The standard InChI is InChI=1S/C2H6B2/c3-1-2-4/h1,3H,2,4H2. The Morgan fingerprint density at radius 2 is 2.25 bits per heavy atom. The van der Waals surface area contributed by atoms with E-state index in [-0.39, 0.29) is 0 Å².